The van der Waals surface area contributed by atoms with Crippen LogP contribution in [0.2, 0.25) is 0 Å². The number of halogens is 2. The lowest BCUT2D eigenvalue weighted by atomic mass is 9.97. The van der Waals surface area contributed by atoms with E-state index in [2.05, 4.69) is 22.4 Å². The Hall–Kier alpha value is -4.86. The van der Waals surface area contributed by atoms with Gasteiger partial charge in [-0.3, -0.25) is 19.4 Å². The molecule has 232 valence electrons. The van der Waals surface area contributed by atoms with Crippen molar-refractivity contribution in [3.8, 4) is 0 Å². The van der Waals surface area contributed by atoms with Crippen LogP contribution in [-0.2, 0) is 23.8 Å². The van der Waals surface area contributed by atoms with Gasteiger partial charge in [0.2, 0.25) is 5.91 Å². The van der Waals surface area contributed by atoms with Crippen LogP contribution in [0.1, 0.15) is 77.2 Å². The molecule has 1 aliphatic rings. The number of fused-ring (bicyclic) bond motifs is 1. The minimum atomic E-state index is -3.17. The van der Waals surface area contributed by atoms with Gasteiger partial charge in [0.1, 0.15) is 6.04 Å². The molecule has 2 atom stereocenters. The van der Waals surface area contributed by atoms with Crippen LogP contribution in [0.25, 0.3) is 10.9 Å². The number of amides is 2. The number of H-pyrrole nitrogens is 1. The van der Waals surface area contributed by atoms with E-state index < -0.39 is 23.8 Å². The van der Waals surface area contributed by atoms with E-state index >= 15 is 0 Å². The standard InChI is InChI=1S/C35H36F2N6O2/c1-22-18-30(41-43(22)23(2)25-16-17-25)34(45)42(21-27-12-7-8-15-29(27)35(3,36)37)32(28-14-9-13-26-20-39-40-31(26)28)33(44)38-19-24-10-5-4-6-11-24/h4-15,18,20,23,25,32H,16-17,19,21H2,1-3H3,(H,38,44)(H,39,40). The summed E-state index contributed by atoms with van der Waals surface area (Å²) >= 11 is 0. The lowest BCUT2D eigenvalue weighted by Crippen LogP contribution is -2.44. The van der Waals surface area contributed by atoms with Crippen LogP contribution in [0.4, 0.5) is 8.78 Å². The molecule has 1 fully saturated rings. The molecular formula is C35H36F2N6O2. The first-order valence-electron chi connectivity index (χ1n) is 15.2. The first kappa shape index (κ1) is 30.2. The molecule has 2 aromatic heterocycles. The number of benzene rings is 3. The molecule has 2 N–H and O–H groups in total. The molecule has 0 aliphatic heterocycles. The lowest BCUT2D eigenvalue weighted by Gasteiger charge is -2.32. The summed E-state index contributed by atoms with van der Waals surface area (Å²) in [5.41, 5.74) is 2.94. The van der Waals surface area contributed by atoms with Crippen molar-refractivity contribution in [3.05, 3.63) is 119 Å². The van der Waals surface area contributed by atoms with Crippen LogP contribution in [-0.4, -0.2) is 36.7 Å². The molecule has 8 nitrogen and oxygen atoms in total. The van der Waals surface area contributed by atoms with E-state index in [-0.39, 0.29) is 36.0 Å². The number of rotatable bonds is 11. The second-order valence-corrected chi connectivity index (χ2v) is 12.0. The van der Waals surface area contributed by atoms with Crippen LogP contribution >= 0.6 is 0 Å². The summed E-state index contributed by atoms with van der Waals surface area (Å²) in [6, 6.07) is 21.6. The van der Waals surface area contributed by atoms with Crippen LogP contribution in [0.3, 0.4) is 0 Å². The molecular weight excluding hydrogens is 574 g/mol. The van der Waals surface area contributed by atoms with Crippen molar-refractivity contribution in [1.82, 2.24) is 30.2 Å². The van der Waals surface area contributed by atoms with E-state index in [0.717, 1.165) is 36.4 Å². The SMILES string of the molecule is Cc1cc(C(=O)N(Cc2ccccc2C(C)(F)F)C(C(=O)NCc2ccccc2)c2cccc3cn[nH]c23)nn1C(C)C1CC1. The number of aromatic nitrogens is 4. The summed E-state index contributed by atoms with van der Waals surface area (Å²) in [5.74, 6) is -3.67. The number of carbonyl (C=O) groups is 2. The first-order valence-corrected chi connectivity index (χ1v) is 15.2. The fourth-order valence-electron chi connectivity index (χ4n) is 6.03. The molecule has 2 amide bonds. The smallest absolute Gasteiger partial charge is 0.275 e. The van der Waals surface area contributed by atoms with Gasteiger partial charge in [-0.1, -0.05) is 72.8 Å². The number of aryl methyl sites for hydroxylation is 1. The van der Waals surface area contributed by atoms with Gasteiger partial charge in [0.15, 0.2) is 5.69 Å². The van der Waals surface area contributed by atoms with Gasteiger partial charge in [0.05, 0.1) is 17.8 Å². The van der Waals surface area contributed by atoms with Crippen molar-refractivity contribution in [1.29, 1.82) is 0 Å². The monoisotopic (exact) mass is 610 g/mol. The van der Waals surface area contributed by atoms with Crippen molar-refractivity contribution in [2.75, 3.05) is 0 Å². The molecule has 0 radical (unpaired) electrons. The Morgan fingerprint density at radius 3 is 2.53 bits per heavy atom. The third kappa shape index (κ3) is 6.36. The van der Waals surface area contributed by atoms with E-state index in [1.165, 1.54) is 11.0 Å². The van der Waals surface area contributed by atoms with Crippen LogP contribution in [0.15, 0.2) is 85.1 Å². The normalized spacial score (nSPS) is 14.7. The summed E-state index contributed by atoms with van der Waals surface area (Å²) in [7, 11) is 0. The highest BCUT2D eigenvalue weighted by Gasteiger charge is 2.38. The third-order valence-electron chi connectivity index (χ3n) is 8.60. The number of nitrogens with zero attached hydrogens (tertiary/aromatic N) is 4. The van der Waals surface area contributed by atoms with Crippen LogP contribution < -0.4 is 5.32 Å². The number of carbonyl (C=O) groups excluding carboxylic acids is 2. The molecule has 0 spiro atoms. The average molecular weight is 611 g/mol. The second-order valence-electron chi connectivity index (χ2n) is 12.0. The molecule has 0 bridgehead atoms. The highest BCUT2D eigenvalue weighted by molar-refractivity contribution is 5.98. The summed E-state index contributed by atoms with van der Waals surface area (Å²) in [5, 5.41) is 15.6. The second kappa shape index (κ2) is 12.3. The van der Waals surface area contributed by atoms with E-state index in [1.807, 2.05) is 48.0 Å². The summed E-state index contributed by atoms with van der Waals surface area (Å²) in [6.07, 6.45) is 3.85. The predicted octanol–water partition coefficient (Wildman–Crippen LogP) is 6.85. The van der Waals surface area contributed by atoms with Gasteiger partial charge in [-0.25, -0.2) is 8.78 Å². The maximum absolute atomic E-state index is 14.9. The van der Waals surface area contributed by atoms with E-state index in [1.54, 1.807) is 42.6 Å². The number of alkyl halides is 2. The number of hydrogen-bond acceptors (Lipinski definition) is 4. The van der Waals surface area contributed by atoms with Gasteiger partial charge < -0.3 is 10.2 Å². The van der Waals surface area contributed by atoms with Gasteiger partial charge in [-0.05, 0) is 49.8 Å². The zero-order valence-corrected chi connectivity index (χ0v) is 25.5. The fourth-order valence-corrected chi connectivity index (χ4v) is 6.03. The van der Waals surface area contributed by atoms with Crippen LogP contribution in [0, 0.1) is 12.8 Å². The Morgan fingerprint density at radius 1 is 1.07 bits per heavy atom. The van der Waals surface area contributed by atoms with Gasteiger partial charge >= 0.3 is 0 Å². The number of hydrogen-bond donors (Lipinski definition) is 2. The predicted molar refractivity (Wildman–Crippen MR) is 167 cm³/mol. The van der Waals surface area contributed by atoms with Gasteiger partial charge in [-0.2, -0.15) is 10.2 Å². The van der Waals surface area contributed by atoms with Gasteiger partial charge in [0.25, 0.3) is 11.8 Å². The topological polar surface area (TPSA) is 95.9 Å². The third-order valence-corrected chi connectivity index (χ3v) is 8.60. The number of nitrogens with one attached hydrogen (secondary N) is 2. The highest BCUT2D eigenvalue weighted by Crippen LogP contribution is 2.40. The van der Waals surface area contributed by atoms with Crippen LogP contribution in [0.5, 0.6) is 0 Å². The molecule has 5 aromatic rings. The Labute approximate surface area is 260 Å². The average Bonchev–Trinajstić information content (AvgIpc) is 3.64. The Balaban J connectivity index is 1.47. The number of aromatic amines is 1. The molecule has 1 aliphatic carbocycles. The lowest BCUT2D eigenvalue weighted by molar-refractivity contribution is -0.126. The summed E-state index contributed by atoms with van der Waals surface area (Å²) in [4.78, 5) is 30.3. The Kier molecular flexibility index (Phi) is 8.22. The maximum atomic E-state index is 14.9. The maximum Gasteiger partial charge on any atom is 0.275 e. The largest absolute Gasteiger partial charge is 0.350 e. The molecule has 45 heavy (non-hydrogen) atoms. The first-order chi connectivity index (χ1) is 21.6. The van der Waals surface area contributed by atoms with Crippen molar-refractivity contribution in [2.24, 2.45) is 5.92 Å². The zero-order chi connectivity index (χ0) is 31.7. The molecule has 2 heterocycles. The van der Waals surface area contributed by atoms with Crippen molar-refractivity contribution < 1.29 is 18.4 Å². The molecule has 10 heteroatoms. The zero-order valence-electron chi connectivity index (χ0n) is 25.5. The number of para-hydroxylation sites is 1. The summed E-state index contributed by atoms with van der Waals surface area (Å²) < 4.78 is 31.6. The van der Waals surface area contributed by atoms with Crippen molar-refractivity contribution >= 4 is 22.7 Å². The highest BCUT2D eigenvalue weighted by atomic mass is 19.3. The van der Waals surface area contributed by atoms with E-state index in [0.29, 0.717) is 17.0 Å². The van der Waals surface area contributed by atoms with Gasteiger partial charge in [0, 0.05) is 42.2 Å². The Morgan fingerprint density at radius 2 is 1.80 bits per heavy atom. The van der Waals surface area contributed by atoms with Gasteiger partial charge in [-0.15, -0.1) is 0 Å². The quantitative estimate of drug-likeness (QED) is 0.171. The molecule has 3 aromatic carbocycles. The Bertz CT molecular complexity index is 1820. The van der Waals surface area contributed by atoms with E-state index in [4.69, 9.17) is 5.10 Å². The minimum Gasteiger partial charge on any atom is -0.350 e. The fraction of sp³-hybridized carbons (Fsp3) is 0.314. The van der Waals surface area contributed by atoms with Crippen molar-refractivity contribution in [3.63, 3.8) is 0 Å². The molecule has 0 saturated heterocycles. The van der Waals surface area contributed by atoms with E-state index in [9.17, 15) is 18.4 Å². The summed E-state index contributed by atoms with van der Waals surface area (Å²) in [6.45, 7) is 4.78. The minimum absolute atomic E-state index is 0.114. The van der Waals surface area contributed by atoms with Crippen molar-refractivity contribution in [2.45, 2.75) is 64.7 Å². The molecule has 6 rings (SSSR count). The molecule has 2 unspecified atom stereocenters. The molecule has 1 saturated carbocycles.